The molecule has 0 aliphatic rings. The maximum absolute atomic E-state index is 12.6. The molecule has 0 aliphatic heterocycles. The third kappa shape index (κ3) is 3.81. The lowest BCUT2D eigenvalue weighted by Crippen LogP contribution is -2.28. The second kappa shape index (κ2) is 7.21. The van der Waals surface area contributed by atoms with Gasteiger partial charge in [-0.1, -0.05) is 30.7 Å². The molecule has 0 fully saturated rings. The van der Waals surface area contributed by atoms with Gasteiger partial charge >= 0.3 is 0 Å². The van der Waals surface area contributed by atoms with E-state index in [4.69, 9.17) is 23.8 Å². The number of fused-ring (bicyclic) bond motifs is 1. The predicted octanol–water partition coefficient (Wildman–Crippen LogP) is 4.12. The third-order valence-corrected chi connectivity index (χ3v) is 4.44. The second-order valence-corrected chi connectivity index (χ2v) is 6.50. The number of halogens is 1. The van der Waals surface area contributed by atoms with Crippen LogP contribution in [0.5, 0.6) is 0 Å². The third-order valence-electron chi connectivity index (χ3n) is 3.99. The Morgan fingerprint density at radius 1 is 1.20 bits per heavy atom. The maximum atomic E-state index is 12.6. The quantitative estimate of drug-likeness (QED) is 0.602. The van der Waals surface area contributed by atoms with E-state index in [0.29, 0.717) is 21.5 Å². The van der Waals surface area contributed by atoms with E-state index in [2.05, 4.69) is 15.3 Å². The first kappa shape index (κ1) is 17.4. The molecule has 3 N–H and O–H groups in total. The summed E-state index contributed by atoms with van der Waals surface area (Å²) >= 11 is 10.9. The molecule has 3 aromatic rings. The number of aromatic nitrogens is 2. The Kier molecular flexibility index (Phi) is 5.01. The van der Waals surface area contributed by atoms with Crippen molar-refractivity contribution in [2.45, 2.75) is 19.4 Å². The summed E-state index contributed by atoms with van der Waals surface area (Å²) in [6, 6.07) is 12.1. The van der Waals surface area contributed by atoms with Crippen LogP contribution in [-0.2, 0) is 0 Å². The van der Waals surface area contributed by atoms with Crippen molar-refractivity contribution in [3.05, 3.63) is 73.7 Å². The van der Waals surface area contributed by atoms with Gasteiger partial charge in [0, 0.05) is 10.6 Å². The van der Waals surface area contributed by atoms with Crippen LogP contribution in [0.25, 0.3) is 10.9 Å². The number of hydrogen-bond acceptors (Lipinski definition) is 3. The van der Waals surface area contributed by atoms with Crippen molar-refractivity contribution in [1.82, 2.24) is 15.3 Å². The average molecular weight is 374 g/mol. The molecule has 1 atom stereocenters. The zero-order valence-electron chi connectivity index (χ0n) is 13.4. The zero-order chi connectivity index (χ0) is 18.0. The Morgan fingerprint density at radius 2 is 1.92 bits per heavy atom. The standard InChI is InChI=1S/C18H16ClN3O2S/c1-2-14(10-3-6-12(19)7-4-10)20-16(23)11-5-8-13-15(9-11)21-18(25)22-17(13)24/h3-9,14H,2H2,1H3,(H,20,23)(H2,21,22,24,25)/t14-/m0/s1. The van der Waals surface area contributed by atoms with Crippen LogP contribution < -0.4 is 10.9 Å². The van der Waals surface area contributed by atoms with Gasteiger partial charge < -0.3 is 10.3 Å². The minimum Gasteiger partial charge on any atom is -0.345 e. The molecule has 1 amide bonds. The number of aromatic amines is 2. The second-order valence-electron chi connectivity index (χ2n) is 5.65. The molecule has 3 rings (SSSR count). The normalized spacial score (nSPS) is 12.1. The Morgan fingerprint density at radius 3 is 2.60 bits per heavy atom. The molecule has 0 aliphatic carbocycles. The predicted molar refractivity (Wildman–Crippen MR) is 102 cm³/mol. The highest BCUT2D eigenvalue weighted by Gasteiger charge is 2.15. The minimum absolute atomic E-state index is 0.127. The van der Waals surface area contributed by atoms with Crippen LogP contribution in [0, 0.1) is 4.77 Å². The van der Waals surface area contributed by atoms with E-state index in [-0.39, 0.29) is 22.3 Å². The van der Waals surface area contributed by atoms with Gasteiger partial charge in [0.15, 0.2) is 4.77 Å². The fourth-order valence-corrected chi connectivity index (χ4v) is 3.00. The number of carbonyl (C=O) groups excluding carboxylic acids is 1. The van der Waals surface area contributed by atoms with Gasteiger partial charge in [0.05, 0.1) is 16.9 Å². The van der Waals surface area contributed by atoms with Gasteiger partial charge in [-0.15, -0.1) is 0 Å². The number of hydrogen-bond donors (Lipinski definition) is 3. The van der Waals surface area contributed by atoms with Gasteiger partial charge in [0.1, 0.15) is 0 Å². The van der Waals surface area contributed by atoms with Crippen molar-refractivity contribution in [3.8, 4) is 0 Å². The van der Waals surface area contributed by atoms with E-state index in [1.165, 1.54) is 0 Å². The topological polar surface area (TPSA) is 77.8 Å². The summed E-state index contributed by atoms with van der Waals surface area (Å²) in [6.45, 7) is 2.00. The highest BCUT2D eigenvalue weighted by molar-refractivity contribution is 7.71. The lowest BCUT2D eigenvalue weighted by molar-refractivity contribution is 0.0935. The van der Waals surface area contributed by atoms with Crippen LogP contribution in [0.15, 0.2) is 47.3 Å². The SMILES string of the molecule is CC[C@H](NC(=O)c1ccc2c(=O)[nH]c(=S)[nH]c2c1)c1ccc(Cl)cc1. The van der Waals surface area contributed by atoms with E-state index >= 15 is 0 Å². The van der Waals surface area contributed by atoms with E-state index in [0.717, 1.165) is 12.0 Å². The highest BCUT2D eigenvalue weighted by atomic mass is 35.5. The summed E-state index contributed by atoms with van der Waals surface area (Å²) < 4.78 is 0.225. The lowest BCUT2D eigenvalue weighted by atomic mass is 10.0. The number of rotatable bonds is 4. The molecule has 5 nitrogen and oxygen atoms in total. The number of carbonyl (C=O) groups is 1. The smallest absolute Gasteiger partial charge is 0.259 e. The van der Waals surface area contributed by atoms with Crippen molar-refractivity contribution < 1.29 is 4.79 Å². The van der Waals surface area contributed by atoms with Crippen molar-refractivity contribution in [2.24, 2.45) is 0 Å². The van der Waals surface area contributed by atoms with Crippen LogP contribution in [0.3, 0.4) is 0 Å². The van der Waals surface area contributed by atoms with E-state index < -0.39 is 0 Å². The summed E-state index contributed by atoms with van der Waals surface area (Å²) in [5.74, 6) is -0.219. The Hall–Kier alpha value is -2.44. The van der Waals surface area contributed by atoms with Gasteiger partial charge in [-0.3, -0.25) is 14.6 Å². The molecular formula is C18H16ClN3O2S. The molecule has 1 aromatic heterocycles. The van der Waals surface area contributed by atoms with E-state index in [1.807, 2.05) is 19.1 Å². The van der Waals surface area contributed by atoms with Gasteiger partial charge in [-0.25, -0.2) is 0 Å². The van der Waals surface area contributed by atoms with Crippen LogP contribution in [0.4, 0.5) is 0 Å². The van der Waals surface area contributed by atoms with Crippen LogP contribution in [0.1, 0.15) is 35.3 Å². The first-order chi connectivity index (χ1) is 12.0. The van der Waals surface area contributed by atoms with Gasteiger partial charge in [0.25, 0.3) is 11.5 Å². The molecule has 128 valence electrons. The van der Waals surface area contributed by atoms with Crippen LogP contribution >= 0.6 is 23.8 Å². The molecule has 0 saturated heterocycles. The molecule has 2 aromatic carbocycles. The number of benzene rings is 2. The Bertz CT molecular complexity index is 1040. The van der Waals surface area contributed by atoms with Crippen LogP contribution in [0.2, 0.25) is 5.02 Å². The molecule has 7 heteroatoms. The molecule has 1 heterocycles. The number of H-pyrrole nitrogens is 2. The molecule has 0 unspecified atom stereocenters. The first-order valence-electron chi connectivity index (χ1n) is 7.80. The van der Waals surface area contributed by atoms with Crippen molar-refractivity contribution in [2.75, 3.05) is 0 Å². The van der Waals surface area contributed by atoms with Crippen molar-refractivity contribution in [3.63, 3.8) is 0 Å². The summed E-state index contributed by atoms with van der Waals surface area (Å²) in [6.07, 6.45) is 0.739. The fourth-order valence-electron chi connectivity index (χ4n) is 2.67. The zero-order valence-corrected chi connectivity index (χ0v) is 15.0. The largest absolute Gasteiger partial charge is 0.345 e. The van der Waals surface area contributed by atoms with E-state index in [9.17, 15) is 9.59 Å². The number of nitrogens with one attached hydrogen (secondary N) is 3. The Labute approximate surface area is 154 Å². The fraction of sp³-hybridized carbons (Fsp3) is 0.167. The molecular weight excluding hydrogens is 358 g/mol. The Balaban J connectivity index is 1.89. The van der Waals surface area contributed by atoms with Gasteiger partial charge in [-0.2, -0.15) is 0 Å². The van der Waals surface area contributed by atoms with Crippen molar-refractivity contribution >= 4 is 40.6 Å². The maximum Gasteiger partial charge on any atom is 0.259 e. The van der Waals surface area contributed by atoms with E-state index in [1.54, 1.807) is 30.3 Å². The number of amides is 1. The molecule has 0 radical (unpaired) electrons. The first-order valence-corrected chi connectivity index (χ1v) is 8.59. The summed E-state index contributed by atoms with van der Waals surface area (Å²) in [5.41, 5.74) is 1.69. The van der Waals surface area contributed by atoms with Gasteiger partial charge in [0.2, 0.25) is 0 Å². The molecule has 0 saturated carbocycles. The average Bonchev–Trinajstić information content (AvgIpc) is 2.59. The highest BCUT2D eigenvalue weighted by Crippen LogP contribution is 2.20. The molecule has 0 bridgehead atoms. The van der Waals surface area contributed by atoms with Crippen LogP contribution in [-0.4, -0.2) is 15.9 Å². The molecule has 25 heavy (non-hydrogen) atoms. The van der Waals surface area contributed by atoms with Crippen molar-refractivity contribution in [1.29, 1.82) is 0 Å². The monoisotopic (exact) mass is 373 g/mol. The van der Waals surface area contributed by atoms with Gasteiger partial charge in [-0.05, 0) is 54.5 Å². The summed E-state index contributed by atoms with van der Waals surface area (Å²) in [5, 5.41) is 4.11. The lowest BCUT2D eigenvalue weighted by Gasteiger charge is -2.17. The molecule has 0 spiro atoms. The minimum atomic E-state index is -0.279. The summed E-state index contributed by atoms with van der Waals surface area (Å²) in [4.78, 5) is 29.9. The summed E-state index contributed by atoms with van der Waals surface area (Å²) in [7, 11) is 0.